The number of unbranched alkanes of at least 4 members (excludes halogenated alkanes) is 1. The molecule has 0 aromatic heterocycles. The fraction of sp³-hybridized carbons (Fsp3) is 0.318. The van der Waals surface area contributed by atoms with Crippen LogP contribution in [0.2, 0.25) is 0 Å². The number of carbonyl (C=O) groups excluding carboxylic acids is 3. The van der Waals surface area contributed by atoms with Crippen LogP contribution in [0.15, 0.2) is 48.5 Å². The van der Waals surface area contributed by atoms with E-state index >= 15 is 0 Å². The number of para-hydroxylation sites is 1. The molecule has 0 saturated carbocycles. The van der Waals surface area contributed by atoms with E-state index in [1.54, 1.807) is 50.2 Å². The van der Waals surface area contributed by atoms with E-state index in [4.69, 9.17) is 0 Å². The summed E-state index contributed by atoms with van der Waals surface area (Å²) < 4.78 is 25.9. The number of hydrogen-bond acceptors (Lipinski definition) is 5. The molecule has 2 aromatic carbocycles. The van der Waals surface area contributed by atoms with Gasteiger partial charge in [-0.15, -0.1) is 0 Å². The normalized spacial score (nSPS) is 13.6. The summed E-state index contributed by atoms with van der Waals surface area (Å²) in [6.45, 7) is 3.48. The van der Waals surface area contributed by atoms with Crippen LogP contribution >= 0.6 is 0 Å². The molecule has 8 nitrogen and oxygen atoms in total. The van der Waals surface area contributed by atoms with E-state index in [9.17, 15) is 22.8 Å². The third-order valence-electron chi connectivity index (χ3n) is 4.94. The molecule has 31 heavy (non-hydrogen) atoms. The SMILES string of the molecule is CC(C)S(=O)(=O)NCCCCC(=O)Nc1ccc2c(c1)C(=O)N(c1ccccc1)C2=O. The van der Waals surface area contributed by atoms with Crippen molar-refractivity contribution in [3.8, 4) is 0 Å². The second-order valence-corrected chi connectivity index (χ2v) is 9.86. The van der Waals surface area contributed by atoms with Crippen molar-refractivity contribution in [1.82, 2.24) is 4.72 Å². The topological polar surface area (TPSA) is 113 Å². The minimum absolute atomic E-state index is 0.212. The Morgan fingerprint density at radius 3 is 2.32 bits per heavy atom. The first kappa shape index (κ1) is 22.6. The van der Waals surface area contributed by atoms with Gasteiger partial charge in [0, 0.05) is 18.7 Å². The molecule has 0 spiro atoms. The molecule has 0 atom stereocenters. The summed E-state index contributed by atoms with van der Waals surface area (Å²) in [6.07, 6.45) is 1.25. The Morgan fingerprint density at radius 2 is 1.65 bits per heavy atom. The van der Waals surface area contributed by atoms with Gasteiger partial charge in [0.05, 0.1) is 22.1 Å². The number of nitrogens with zero attached hydrogens (tertiary/aromatic N) is 1. The number of nitrogens with one attached hydrogen (secondary N) is 2. The molecule has 0 saturated heterocycles. The first-order valence-electron chi connectivity index (χ1n) is 10.1. The average Bonchev–Trinajstić information content (AvgIpc) is 2.98. The summed E-state index contributed by atoms with van der Waals surface area (Å²) >= 11 is 0. The lowest BCUT2D eigenvalue weighted by Crippen LogP contribution is -2.31. The molecule has 164 valence electrons. The molecule has 0 fully saturated rings. The highest BCUT2D eigenvalue weighted by Crippen LogP contribution is 2.30. The van der Waals surface area contributed by atoms with Crippen LogP contribution in [0.5, 0.6) is 0 Å². The van der Waals surface area contributed by atoms with Gasteiger partial charge in [-0.1, -0.05) is 18.2 Å². The minimum Gasteiger partial charge on any atom is -0.326 e. The molecule has 1 aliphatic heterocycles. The van der Waals surface area contributed by atoms with Gasteiger partial charge < -0.3 is 5.32 Å². The lowest BCUT2D eigenvalue weighted by atomic mass is 10.1. The van der Waals surface area contributed by atoms with E-state index in [0.29, 0.717) is 29.8 Å². The van der Waals surface area contributed by atoms with Crippen molar-refractivity contribution in [3.05, 3.63) is 59.7 Å². The summed E-state index contributed by atoms with van der Waals surface area (Å²) in [5.41, 5.74) is 1.46. The largest absolute Gasteiger partial charge is 0.326 e. The Hall–Kier alpha value is -3.04. The summed E-state index contributed by atoms with van der Waals surface area (Å²) in [4.78, 5) is 38.7. The molecule has 0 aliphatic carbocycles. The van der Waals surface area contributed by atoms with Gasteiger partial charge >= 0.3 is 0 Å². The maximum absolute atomic E-state index is 12.8. The highest BCUT2D eigenvalue weighted by atomic mass is 32.2. The van der Waals surface area contributed by atoms with Gasteiger partial charge in [0.2, 0.25) is 15.9 Å². The van der Waals surface area contributed by atoms with Gasteiger partial charge in [-0.25, -0.2) is 18.0 Å². The second kappa shape index (κ2) is 9.40. The monoisotopic (exact) mass is 443 g/mol. The molecule has 3 rings (SSSR count). The number of sulfonamides is 1. The second-order valence-electron chi connectivity index (χ2n) is 7.54. The molecular formula is C22H25N3O5S. The Labute approximate surface area is 181 Å². The van der Waals surface area contributed by atoms with Gasteiger partial charge in [-0.2, -0.15) is 0 Å². The number of anilines is 2. The van der Waals surface area contributed by atoms with E-state index in [1.807, 2.05) is 0 Å². The van der Waals surface area contributed by atoms with Gasteiger partial charge in [0.15, 0.2) is 0 Å². The smallest absolute Gasteiger partial charge is 0.266 e. The third-order valence-corrected chi connectivity index (χ3v) is 6.79. The molecule has 0 bridgehead atoms. The van der Waals surface area contributed by atoms with E-state index < -0.39 is 27.1 Å². The van der Waals surface area contributed by atoms with Gasteiger partial charge in [-0.3, -0.25) is 14.4 Å². The number of carbonyl (C=O) groups is 3. The first-order chi connectivity index (χ1) is 14.7. The van der Waals surface area contributed by atoms with Crippen molar-refractivity contribution in [2.75, 3.05) is 16.8 Å². The zero-order chi connectivity index (χ0) is 22.6. The molecule has 9 heteroatoms. The van der Waals surface area contributed by atoms with Crippen LogP contribution in [0.25, 0.3) is 0 Å². The maximum Gasteiger partial charge on any atom is 0.266 e. The Balaban J connectivity index is 1.56. The number of benzene rings is 2. The van der Waals surface area contributed by atoms with Crippen LogP contribution in [0.4, 0.5) is 11.4 Å². The van der Waals surface area contributed by atoms with Crippen molar-refractivity contribution in [1.29, 1.82) is 0 Å². The van der Waals surface area contributed by atoms with E-state index in [2.05, 4.69) is 10.0 Å². The van der Waals surface area contributed by atoms with Crippen LogP contribution in [-0.4, -0.2) is 37.9 Å². The summed E-state index contributed by atoms with van der Waals surface area (Å²) in [6, 6.07) is 13.3. The quantitative estimate of drug-likeness (QED) is 0.457. The average molecular weight is 444 g/mol. The highest BCUT2D eigenvalue weighted by Gasteiger charge is 2.36. The van der Waals surface area contributed by atoms with Crippen LogP contribution in [0, 0.1) is 0 Å². The Kier molecular flexibility index (Phi) is 6.87. The fourth-order valence-corrected chi connectivity index (χ4v) is 3.91. The molecular weight excluding hydrogens is 418 g/mol. The first-order valence-corrected chi connectivity index (χ1v) is 11.6. The molecule has 3 amide bonds. The molecule has 0 unspecified atom stereocenters. The van der Waals surface area contributed by atoms with E-state index in [1.165, 1.54) is 12.1 Å². The summed E-state index contributed by atoms with van der Waals surface area (Å²) in [5.74, 6) is -1.07. The minimum atomic E-state index is -3.30. The summed E-state index contributed by atoms with van der Waals surface area (Å²) in [5, 5.41) is 2.23. The number of rotatable bonds is 9. The van der Waals surface area contributed by atoms with Crippen molar-refractivity contribution in [3.63, 3.8) is 0 Å². The van der Waals surface area contributed by atoms with Crippen molar-refractivity contribution in [2.24, 2.45) is 0 Å². The van der Waals surface area contributed by atoms with Crippen molar-refractivity contribution in [2.45, 2.75) is 38.4 Å². The Morgan fingerprint density at radius 1 is 0.968 bits per heavy atom. The van der Waals surface area contributed by atoms with E-state index in [0.717, 1.165) is 4.90 Å². The van der Waals surface area contributed by atoms with Crippen LogP contribution in [0.1, 0.15) is 53.8 Å². The number of hydrogen-bond donors (Lipinski definition) is 2. The molecule has 1 aliphatic rings. The Bertz CT molecular complexity index is 1100. The van der Waals surface area contributed by atoms with Crippen LogP contribution in [-0.2, 0) is 14.8 Å². The molecule has 0 radical (unpaired) electrons. The standard InChI is InChI=1S/C22H25N3O5S/c1-15(2)31(29,30)23-13-7-6-10-20(26)24-16-11-12-18-19(14-16)22(28)25(21(18)27)17-8-4-3-5-9-17/h3-5,8-9,11-12,14-15,23H,6-7,10,13H2,1-2H3,(H,24,26). The molecule has 2 aromatic rings. The third kappa shape index (κ3) is 5.18. The zero-order valence-corrected chi connectivity index (χ0v) is 18.2. The van der Waals surface area contributed by atoms with Crippen LogP contribution < -0.4 is 14.9 Å². The lowest BCUT2D eigenvalue weighted by molar-refractivity contribution is -0.116. The molecule has 2 N–H and O–H groups in total. The maximum atomic E-state index is 12.8. The van der Waals surface area contributed by atoms with Gasteiger partial charge in [-0.05, 0) is 57.0 Å². The lowest BCUT2D eigenvalue weighted by Gasteiger charge is -2.13. The van der Waals surface area contributed by atoms with E-state index in [-0.39, 0.29) is 24.4 Å². The predicted molar refractivity (Wildman–Crippen MR) is 119 cm³/mol. The van der Waals surface area contributed by atoms with Crippen molar-refractivity contribution < 1.29 is 22.8 Å². The number of amides is 3. The van der Waals surface area contributed by atoms with Gasteiger partial charge in [0.1, 0.15) is 0 Å². The fourth-order valence-electron chi connectivity index (χ4n) is 3.15. The zero-order valence-electron chi connectivity index (χ0n) is 17.4. The van der Waals surface area contributed by atoms with Gasteiger partial charge in [0.25, 0.3) is 11.8 Å². The number of fused-ring (bicyclic) bond motifs is 1. The predicted octanol–water partition coefficient (Wildman–Crippen LogP) is 2.92. The van der Waals surface area contributed by atoms with Crippen LogP contribution in [0.3, 0.4) is 0 Å². The molecule has 1 heterocycles. The highest BCUT2D eigenvalue weighted by molar-refractivity contribution is 7.90. The van der Waals surface area contributed by atoms with Crippen molar-refractivity contribution >= 4 is 39.1 Å². The number of imide groups is 1. The summed E-state index contributed by atoms with van der Waals surface area (Å²) in [7, 11) is -3.30.